The van der Waals surface area contributed by atoms with Crippen LogP contribution in [0, 0.1) is 19.7 Å². The lowest BCUT2D eigenvalue weighted by molar-refractivity contribution is 0.403. The van der Waals surface area contributed by atoms with Crippen molar-refractivity contribution >= 4 is 0 Å². The second kappa shape index (κ2) is 3.75. The largest absolute Gasteiger partial charge is 0.496 e. The summed E-state index contributed by atoms with van der Waals surface area (Å²) in [6, 6.07) is 1.47. The van der Waals surface area contributed by atoms with Crippen molar-refractivity contribution in [3.05, 3.63) is 28.6 Å². The summed E-state index contributed by atoms with van der Waals surface area (Å²) in [5.41, 5.74) is 7.72. The zero-order chi connectivity index (χ0) is 10.0. The number of rotatable bonds is 2. The van der Waals surface area contributed by atoms with E-state index >= 15 is 0 Å². The van der Waals surface area contributed by atoms with Gasteiger partial charge in [-0.1, -0.05) is 0 Å². The summed E-state index contributed by atoms with van der Waals surface area (Å²) in [5, 5.41) is 0. The highest BCUT2D eigenvalue weighted by Gasteiger charge is 2.11. The van der Waals surface area contributed by atoms with E-state index in [4.69, 9.17) is 10.5 Å². The van der Waals surface area contributed by atoms with Crippen LogP contribution >= 0.6 is 0 Å². The third-order valence-corrected chi connectivity index (χ3v) is 2.25. The Hall–Kier alpha value is -1.09. The maximum absolute atomic E-state index is 13.3. The molecule has 1 aromatic carbocycles. The molecule has 0 saturated carbocycles. The normalized spacial score (nSPS) is 10.2. The Labute approximate surface area is 77.5 Å². The van der Waals surface area contributed by atoms with E-state index in [0.717, 1.165) is 11.1 Å². The fourth-order valence-electron chi connectivity index (χ4n) is 1.42. The van der Waals surface area contributed by atoms with Gasteiger partial charge in [-0.3, -0.25) is 0 Å². The summed E-state index contributed by atoms with van der Waals surface area (Å²) in [5.74, 6) is 0.336. The maximum Gasteiger partial charge on any atom is 0.130 e. The van der Waals surface area contributed by atoms with Gasteiger partial charge >= 0.3 is 0 Å². The van der Waals surface area contributed by atoms with Gasteiger partial charge in [-0.2, -0.15) is 0 Å². The van der Waals surface area contributed by atoms with E-state index in [2.05, 4.69) is 0 Å². The minimum Gasteiger partial charge on any atom is -0.496 e. The molecule has 0 amide bonds. The Bertz CT molecular complexity index is 323. The molecule has 1 aromatic rings. The minimum atomic E-state index is -0.261. The molecular formula is C10H14FNO. The molecule has 0 unspecified atom stereocenters. The molecule has 0 heterocycles. The van der Waals surface area contributed by atoms with Crippen LogP contribution in [0.2, 0.25) is 0 Å². The fourth-order valence-corrected chi connectivity index (χ4v) is 1.42. The van der Waals surface area contributed by atoms with Gasteiger partial charge in [-0.05, 0) is 31.0 Å². The molecule has 0 radical (unpaired) electrons. The van der Waals surface area contributed by atoms with Crippen LogP contribution in [-0.2, 0) is 6.54 Å². The molecule has 0 saturated heterocycles. The Balaban J connectivity index is 3.39. The Morgan fingerprint density at radius 3 is 2.46 bits per heavy atom. The van der Waals surface area contributed by atoms with Crippen LogP contribution in [0.3, 0.4) is 0 Å². The Kier molecular flexibility index (Phi) is 2.88. The smallest absolute Gasteiger partial charge is 0.130 e. The average molecular weight is 183 g/mol. The minimum absolute atomic E-state index is 0.261. The molecule has 0 aliphatic carbocycles. The number of nitrogens with two attached hydrogens (primary N) is 1. The topological polar surface area (TPSA) is 35.2 Å². The lowest BCUT2D eigenvalue weighted by Crippen LogP contribution is -2.04. The van der Waals surface area contributed by atoms with Crippen LogP contribution in [-0.4, -0.2) is 7.11 Å². The van der Waals surface area contributed by atoms with Gasteiger partial charge in [0.2, 0.25) is 0 Å². The number of benzene rings is 1. The SMILES string of the molecule is COc1c(C)c(F)cc(CN)c1C. The van der Waals surface area contributed by atoms with Gasteiger partial charge in [0.15, 0.2) is 0 Å². The molecule has 0 aliphatic rings. The molecule has 0 aromatic heterocycles. The van der Waals surface area contributed by atoms with E-state index in [1.54, 1.807) is 6.92 Å². The van der Waals surface area contributed by atoms with E-state index in [1.165, 1.54) is 13.2 Å². The molecule has 2 nitrogen and oxygen atoms in total. The number of hydrogen-bond donors (Lipinski definition) is 1. The molecule has 2 N–H and O–H groups in total. The van der Waals surface area contributed by atoms with Crippen LogP contribution < -0.4 is 10.5 Å². The van der Waals surface area contributed by atoms with Gasteiger partial charge in [0.25, 0.3) is 0 Å². The second-order valence-corrected chi connectivity index (χ2v) is 3.00. The van der Waals surface area contributed by atoms with Gasteiger partial charge in [0.1, 0.15) is 11.6 Å². The van der Waals surface area contributed by atoms with Crippen molar-refractivity contribution in [1.82, 2.24) is 0 Å². The first-order valence-electron chi connectivity index (χ1n) is 4.14. The van der Waals surface area contributed by atoms with Crippen molar-refractivity contribution in [1.29, 1.82) is 0 Å². The van der Waals surface area contributed by atoms with Crippen molar-refractivity contribution in [3.63, 3.8) is 0 Å². The molecule has 0 spiro atoms. The van der Waals surface area contributed by atoms with E-state index in [1.807, 2.05) is 6.92 Å². The van der Waals surface area contributed by atoms with Crippen LogP contribution in [0.25, 0.3) is 0 Å². The second-order valence-electron chi connectivity index (χ2n) is 3.00. The summed E-state index contributed by atoms with van der Waals surface area (Å²) < 4.78 is 18.4. The number of methoxy groups -OCH3 is 1. The molecule has 3 heteroatoms. The van der Waals surface area contributed by atoms with Gasteiger partial charge < -0.3 is 10.5 Å². The van der Waals surface area contributed by atoms with E-state index in [9.17, 15) is 4.39 Å². The summed E-state index contributed by atoms with van der Waals surface area (Å²) in [4.78, 5) is 0. The molecule has 13 heavy (non-hydrogen) atoms. The Morgan fingerprint density at radius 1 is 1.38 bits per heavy atom. The zero-order valence-corrected chi connectivity index (χ0v) is 8.15. The monoisotopic (exact) mass is 183 g/mol. The van der Waals surface area contributed by atoms with Gasteiger partial charge in [0, 0.05) is 12.1 Å². The third kappa shape index (κ3) is 1.65. The maximum atomic E-state index is 13.3. The van der Waals surface area contributed by atoms with Crippen molar-refractivity contribution in [2.45, 2.75) is 20.4 Å². The van der Waals surface area contributed by atoms with Crippen molar-refractivity contribution in [2.24, 2.45) is 5.73 Å². The summed E-state index contributed by atoms with van der Waals surface area (Å²) in [6.07, 6.45) is 0. The lowest BCUT2D eigenvalue weighted by atomic mass is 10.0. The summed E-state index contributed by atoms with van der Waals surface area (Å²) >= 11 is 0. The van der Waals surface area contributed by atoms with Crippen LogP contribution in [0.1, 0.15) is 16.7 Å². The predicted octanol–water partition coefficient (Wildman–Crippen LogP) is 1.91. The third-order valence-electron chi connectivity index (χ3n) is 2.25. The van der Waals surface area contributed by atoms with Crippen molar-refractivity contribution in [2.75, 3.05) is 7.11 Å². The average Bonchev–Trinajstić information content (AvgIpc) is 2.12. The highest BCUT2D eigenvalue weighted by atomic mass is 19.1. The molecule has 1 rings (SSSR count). The molecular weight excluding hydrogens is 169 g/mol. The number of halogens is 1. The van der Waals surface area contributed by atoms with Gasteiger partial charge in [-0.25, -0.2) is 4.39 Å². The van der Waals surface area contributed by atoms with E-state index in [0.29, 0.717) is 17.9 Å². The molecule has 72 valence electrons. The van der Waals surface area contributed by atoms with Crippen LogP contribution in [0.5, 0.6) is 5.75 Å². The van der Waals surface area contributed by atoms with E-state index in [-0.39, 0.29) is 5.82 Å². The summed E-state index contributed by atoms with van der Waals surface area (Å²) in [7, 11) is 1.54. The first kappa shape index (κ1) is 9.99. The molecule has 0 bridgehead atoms. The highest BCUT2D eigenvalue weighted by Crippen LogP contribution is 2.27. The quantitative estimate of drug-likeness (QED) is 0.760. The van der Waals surface area contributed by atoms with Crippen molar-refractivity contribution in [3.8, 4) is 5.75 Å². The first-order chi connectivity index (χ1) is 6.11. The Morgan fingerprint density at radius 2 is 2.00 bits per heavy atom. The van der Waals surface area contributed by atoms with Gasteiger partial charge in [0.05, 0.1) is 7.11 Å². The fraction of sp³-hybridized carbons (Fsp3) is 0.400. The van der Waals surface area contributed by atoms with Crippen LogP contribution in [0.15, 0.2) is 6.07 Å². The number of ether oxygens (including phenoxy) is 1. The predicted molar refractivity (Wildman–Crippen MR) is 50.3 cm³/mol. The first-order valence-corrected chi connectivity index (χ1v) is 4.14. The van der Waals surface area contributed by atoms with Crippen LogP contribution in [0.4, 0.5) is 4.39 Å². The highest BCUT2D eigenvalue weighted by molar-refractivity contribution is 5.45. The molecule has 0 atom stereocenters. The van der Waals surface area contributed by atoms with Gasteiger partial charge in [-0.15, -0.1) is 0 Å². The van der Waals surface area contributed by atoms with E-state index < -0.39 is 0 Å². The van der Waals surface area contributed by atoms with Crippen molar-refractivity contribution < 1.29 is 9.13 Å². The molecule has 0 aliphatic heterocycles. The standard InChI is InChI=1S/C10H14FNO/c1-6-8(5-12)4-9(11)7(2)10(6)13-3/h4H,5,12H2,1-3H3. The zero-order valence-electron chi connectivity index (χ0n) is 8.15. The number of hydrogen-bond acceptors (Lipinski definition) is 2. The lowest BCUT2D eigenvalue weighted by Gasteiger charge is -2.12. The molecule has 0 fully saturated rings. The summed E-state index contributed by atoms with van der Waals surface area (Å²) in [6.45, 7) is 3.91.